The van der Waals surface area contributed by atoms with Crippen molar-refractivity contribution in [3.8, 4) is 0 Å². The lowest BCUT2D eigenvalue weighted by Crippen LogP contribution is -2.24. The van der Waals surface area contributed by atoms with Crippen LogP contribution in [0.2, 0.25) is 0 Å². The first-order valence-electron chi connectivity index (χ1n) is 6.64. The molecular weight excluding hydrogens is 210 g/mol. The molecule has 1 aliphatic carbocycles. The Balaban J connectivity index is 0.000000686. The van der Waals surface area contributed by atoms with Gasteiger partial charge in [0.15, 0.2) is 0 Å². The lowest BCUT2D eigenvalue weighted by Gasteiger charge is -2.13. The zero-order chi connectivity index (χ0) is 12.7. The number of aryl methyl sites for hydroxylation is 1. The van der Waals surface area contributed by atoms with Crippen molar-refractivity contribution in [2.75, 3.05) is 12.4 Å². The van der Waals surface area contributed by atoms with Gasteiger partial charge in [-0.3, -0.25) is 0 Å². The second-order valence-corrected chi connectivity index (χ2v) is 4.36. The molecule has 0 aromatic carbocycles. The van der Waals surface area contributed by atoms with Crippen LogP contribution in [0.5, 0.6) is 0 Å². The average Bonchev–Trinajstić information content (AvgIpc) is 2.82. The van der Waals surface area contributed by atoms with E-state index in [0.717, 1.165) is 5.82 Å². The molecule has 0 bridgehead atoms. The van der Waals surface area contributed by atoms with Gasteiger partial charge in [-0.05, 0) is 44.9 Å². The monoisotopic (exact) mass is 235 g/mol. The SMILES string of the molecule is CC.CNC1CCC(Nc2ccc(C)cn2)C1. The van der Waals surface area contributed by atoms with Crippen LogP contribution in [0, 0.1) is 6.92 Å². The number of hydrogen-bond acceptors (Lipinski definition) is 3. The Morgan fingerprint density at radius 1 is 1.18 bits per heavy atom. The highest BCUT2D eigenvalue weighted by atomic mass is 15.0. The van der Waals surface area contributed by atoms with Gasteiger partial charge in [0.2, 0.25) is 0 Å². The highest BCUT2D eigenvalue weighted by Gasteiger charge is 2.23. The molecule has 2 rings (SSSR count). The summed E-state index contributed by atoms with van der Waals surface area (Å²) >= 11 is 0. The summed E-state index contributed by atoms with van der Waals surface area (Å²) in [4.78, 5) is 4.36. The molecular formula is C14H25N3. The molecule has 0 amide bonds. The summed E-state index contributed by atoms with van der Waals surface area (Å²) in [6.45, 7) is 6.06. The van der Waals surface area contributed by atoms with Gasteiger partial charge in [-0.25, -0.2) is 4.98 Å². The summed E-state index contributed by atoms with van der Waals surface area (Å²) in [7, 11) is 2.04. The molecule has 17 heavy (non-hydrogen) atoms. The third-order valence-corrected chi connectivity index (χ3v) is 3.10. The fraction of sp³-hybridized carbons (Fsp3) is 0.643. The van der Waals surface area contributed by atoms with Gasteiger partial charge in [-0.2, -0.15) is 0 Å². The second kappa shape index (κ2) is 7.28. The molecule has 3 heteroatoms. The van der Waals surface area contributed by atoms with E-state index in [9.17, 15) is 0 Å². The molecule has 0 radical (unpaired) electrons. The Bertz CT molecular complexity index is 308. The third kappa shape index (κ3) is 4.35. The highest BCUT2D eigenvalue weighted by Crippen LogP contribution is 2.21. The minimum atomic E-state index is 0.581. The summed E-state index contributed by atoms with van der Waals surface area (Å²) in [5.41, 5.74) is 1.21. The Kier molecular flexibility index (Phi) is 5.98. The van der Waals surface area contributed by atoms with Crippen LogP contribution >= 0.6 is 0 Å². The van der Waals surface area contributed by atoms with Crippen molar-refractivity contribution < 1.29 is 0 Å². The lowest BCUT2D eigenvalue weighted by atomic mass is 10.2. The number of aromatic nitrogens is 1. The van der Waals surface area contributed by atoms with Crippen LogP contribution in [0.1, 0.15) is 38.7 Å². The Morgan fingerprint density at radius 2 is 1.88 bits per heavy atom. The van der Waals surface area contributed by atoms with E-state index in [1.54, 1.807) is 0 Å². The maximum absolute atomic E-state index is 4.36. The summed E-state index contributed by atoms with van der Waals surface area (Å²) in [5.74, 6) is 1.00. The van der Waals surface area contributed by atoms with E-state index in [4.69, 9.17) is 0 Å². The van der Waals surface area contributed by atoms with Crippen LogP contribution < -0.4 is 10.6 Å². The summed E-state index contributed by atoms with van der Waals surface area (Å²) in [6.07, 6.45) is 5.61. The van der Waals surface area contributed by atoms with Gasteiger partial charge >= 0.3 is 0 Å². The van der Waals surface area contributed by atoms with Crippen molar-refractivity contribution in [3.05, 3.63) is 23.9 Å². The van der Waals surface area contributed by atoms with Gasteiger partial charge in [0.1, 0.15) is 5.82 Å². The first kappa shape index (κ1) is 14.0. The van der Waals surface area contributed by atoms with Crippen molar-refractivity contribution in [1.82, 2.24) is 10.3 Å². The topological polar surface area (TPSA) is 37.0 Å². The molecule has 0 spiro atoms. The number of anilines is 1. The molecule has 1 fully saturated rings. The largest absolute Gasteiger partial charge is 0.367 e. The van der Waals surface area contributed by atoms with Crippen molar-refractivity contribution >= 4 is 5.82 Å². The van der Waals surface area contributed by atoms with Crippen LogP contribution in [-0.4, -0.2) is 24.1 Å². The Labute approximate surface area is 105 Å². The van der Waals surface area contributed by atoms with Crippen molar-refractivity contribution in [2.24, 2.45) is 0 Å². The van der Waals surface area contributed by atoms with Crippen molar-refractivity contribution in [2.45, 2.75) is 52.1 Å². The van der Waals surface area contributed by atoms with Crippen molar-refractivity contribution in [3.63, 3.8) is 0 Å². The molecule has 2 atom stereocenters. The van der Waals surface area contributed by atoms with E-state index >= 15 is 0 Å². The van der Waals surface area contributed by atoms with Gasteiger partial charge in [-0.1, -0.05) is 19.9 Å². The predicted octanol–water partition coefficient (Wildman–Crippen LogP) is 2.97. The predicted molar refractivity (Wildman–Crippen MR) is 74.4 cm³/mol. The zero-order valence-corrected chi connectivity index (χ0v) is 11.5. The smallest absolute Gasteiger partial charge is 0.126 e. The number of nitrogens with one attached hydrogen (secondary N) is 2. The number of nitrogens with zero attached hydrogens (tertiary/aromatic N) is 1. The average molecular weight is 235 g/mol. The van der Waals surface area contributed by atoms with Gasteiger partial charge in [0.25, 0.3) is 0 Å². The molecule has 1 aliphatic rings. The van der Waals surface area contributed by atoms with Crippen molar-refractivity contribution in [1.29, 1.82) is 0 Å². The number of rotatable bonds is 3. The van der Waals surface area contributed by atoms with Crippen LogP contribution in [-0.2, 0) is 0 Å². The van der Waals surface area contributed by atoms with E-state index in [1.807, 2.05) is 27.1 Å². The fourth-order valence-electron chi connectivity index (χ4n) is 2.14. The summed E-state index contributed by atoms with van der Waals surface area (Å²) in [6, 6.07) is 5.41. The normalized spacial score (nSPS) is 22.8. The minimum Gasteiger partial charge on any atom is -0.367 e. The van der Waals surface area contributed by atoms with Crippen LogP contribution in [0.15, 0.2) is 18.3 Å². The standard InChI is InChI=1S/C12H19N3.C2H6/c1-9-3-6-12(14-8-9)15-11-5-4-10(7-11)13-2;1-2/h3,6,8,10-11,13H,4-5,7H2,1-2H3,(H,14,15);1-2H3. The van der Waals surface area contributed by atoms with E-state index in [-0.39, 0.29) is 0 Å². The maximum Gasteiger partial charge on any atom is 0.126 e. The fourth-order valence-corrected chi connectivity index (χ4v) is 2.14. The van der Waals surface area contributed by atoms with Crippen LogP contribution in [0.4, 0.5) is 5.82 Å². The third-order valence-electron chi connectivity index (χ3n) is 3.10. The van der Waals surface area contributed by atoms with Gasteiger partial charge in [-0.15, -0.1) is 0 Å². The van der Waals surface area contributed by atoms with Crippen LogP contribution in [0.25, 0.3) is 0 Å². The second-order valence-electron chi connectivity index (χ2n) is 4.36. The number of pyridine rings is 1. The zero-order valence-electron chi connectivity index (χ0n) is 11.5. The molecule has 96 valence electrons. The molecule has 1 heterocycles. The molecule has 1 aromatic heterocycles. The first-order valence-corrected chi connectivity index (χ1v) is 6.64. The van der Waals surface area contributed by atoms with Gasteiger partial charge in [0.05, 0.1) is 0 Å². The molecule has 0 saturated heterocycles. The molecule has 3 nitrogen and oxygen atoms in total. The van der Waals surface area contributed by atoms with E-state index in [2.05, 4.69) is 34.7 Å². The van der Waals surface area contributed by atoms with E-state index in [0.29, 0.717) is 12.1 Å². The quantitative estimate of drug-likeness (QED) is 0.845. The van der Waals surface area contributed by atoms with E-state index < -0.39 is 0 Å². The number of hydrogen-bond donors (Lipinski definition) is 2. The maximum atomic E-state index is 4.36. The molecule has 0 aliphatic heterocycles. The molecule has 1 aromatic rings. The minimum absolute atomic E-state index is 0.581. The lowest BCUT2D eigenvalue weighted by molar-refractivity contribution is 0.575. The van der Waals surface area contributed by atoms with E-state index in [1.165, 1.54) is 24.8 Å². The van der Waals surface area contributed by atoms with Gasteiger partial charge < -0.3 is 10.6 Å². The van der Waals surface area contributed by atoms with Crippen LogP contribution in [0.3, 0.4) is 0 Å². The van der Waals surface area contributed by atoms with Gasteiger partial charge in [0, 0.05) is 18.3 Å². The summed E-state index contributed by atoms with van der Waals surface area (Å²) < 4.78 is 0. The first-order chi connectivity index (χ1) is 8.28. The molecule has 2 N–H and O–H groups in total. The Hall–Kier alpha value is -1.09. The molecule has 2 unspecified atom stereocenters. The molecule has 1 saturated carbocycles. The Morgan fingerprint density at radius 3 is 2.41 bits per heavy atom. The highest BCUT2D eigenvalue weighted by molar-refractivity contribution is 5.36. The summed E-state index contributed by atoms with van der Waals surface area (Å²) in [5, 5.41) is 6.81.